The van der Waals surface area contributed by atoms with Crippen molar-refractivity contribution in [3.63, 3.8) is 0 Å². The Morgan fingerprint density at radius 3 is 0.919 bits per heavy atom. The van der Waals surface area contributed by atoms with Crippen molar-refractivity contribution in [1.82, 2.24) is 0 Å². The number of hydrogen-bond acceptors (Lipinski definition) is 42. The van der Waals surface area contributed by atoms with E-state index in [9.17, 15) is 138 Å². The van der Waals surface area contributed by atoms with Gasteiger partial charge in [0.15, 0.2) is 55.0 Å². The quantitative estimate of drug-likeness (QED) is 0.0415. The molecule has 0 unspecified atom stereocenters. The smallest absolute Gasteiger partial charge is 0.239 e. The normalized spacial score (nSPS) is 44.6. The van der Waals surface area contributed by atoms with Gasteiger partial charge in [0.05, 0.1) is 46.2 Å². The van der Waals surface area contributed by atoms with E-state index in [-0.39, 0.29) is 5.56 Å². The van der Waals surface area contributed by atoms with Gasteiger partial charge in [0.1, 0.15) is 193 Å². The van der Waals surface area contributed by atoms with Gasteiger partial charge in [-0.05, 0) is 18.2 Å². The molecule has 99 heavy (non-hydrogen) atoms. The van der Waals surface area contributed by atoms with Crippen molar-refractivity contribution >= 4 is 11.0 Å². The molecule has 0 saturated carbocycles. The molecule has 2 aromatic carbocycles. The largest absolute Gasteiger partial charge is 0.508 e. The van der Waals surface area contributed by atoms with E-state index in [4.69, 9.17) is 70.7 Å². The van der Waals surface area contributed by atoms with Crippen molar-refractivity contribution in [2.45, 2.75) is 215 Å². The molecule has 0 amide bonds. The van der Waals surface area contributed by atoms with E-state index >= 15 is 0 Å². The molecule has 8 heterocycles. The Kier molecular flexibility index (Phi) is 24.9. The van der Waals surface area contributed by atoms with Gasteiger partial charge in [-0.2, -0.15) is 0 Å². The summed E-state index contributed by atoms with van der Waals surface area (Å²) in [5.74, 6) is -4.03. The van der Waals surface area contributed by atoms with Crippen LogP contribution >= 0.6 is 0 Å². The molecule has 42 heteroatoms. The molecule has 7 aliphatic rings. The first kappa shape index (κ1) is 76.9. The standard InChI is InChI=1S/C57H80O42/c58-6-19-27(69)29(71)36(78)51(86-19)93-44-20(7-59)87-52(37(79)30(44)72)94-45-21(8-60)88-53(38(80)31(45)73)95-46-22(9-61)89-54(39(81)32(46)74)96-47-23(10-62)90-55(40(82)33(47)75)97-48-24(11-63)91-56(41(83)34(48)76)98-49-25(12-64)92-57(42(84)35(49)77)99-50-28(70)26-17(68)4-14(65)5-18(26)85-43(50)13-1-2-15(66)16(67)3-13/h1-5,19-25,27,29-42,44-49,51-69,71-84H,6-12H2/t19-,20-,21-,22-,23-,24-,25-,27-,29+,30-,31-,32-,33-,34-,35-,36-,37-,38-,39-,40-,41-,42-,44-,45-,46-,47-,48-,49-,51+,52+,53+,54+,55+,56+,57+/m1/s1. The van der Waals surface area contributed by atoms with Crippen LogP contribution in [0.15, 0.2) is 39.5 Å². The summed E-state index contributed by atoms with van der Waals surface area (Å²) >= 11 is 0. The van der Waals surface area contributed by atoms with E-state index in [0.717, 1.165) is 30.3 Å². The summed E-state index contributed by atoms with van der Waals surface area (Å²) in [6.07, 6.45) is -70.6. The molecule has 0 spiro atoms. The van der Waals surface area contributed by atoms with Crippen LogP contribution in [-0.2, 0) is 61.6 Å². The van der Waals surface area contributed by atoms with Crippen molar-refractivity contribution in [1.29, 1.82) is 0 Å². The zero-order valence-corrected chi connectivity index (χ0v) is 51.2. The summed E-state index contributed by atoms with van der Waals surface area (Å²) < 4.78 is 84.9. The highest BCUT2D eigenvalue weighted by Crippen LogP contribution is 2.42. The topological polar surface area (TPSA) is 685 Å². The summed E-state index contributed by atoms with van der Waals surface area (Å²) in [6, 6.07) is 4.83. The minimum atomic E-state index is -2.29. The molecule has 1 aromatic heterocycles. The van der Waals surface area contributed by atoms with Crippen LogP contribution in [0, 0.1) is 0 Å². The van der Waals surface area contributed by atoms with Gasteiger partial charge in [-0.1, -0.05) is 0 Å². The van der Waals surface area contributed by atoms with E-state index in [0.29, 0.717) is 0 Å². The maximum atomic E-state index is 14.0. The van der Waals surface area contributed by atoms with Crippen molar-refractivity contribution in [2.24, 2.45) is 0 Å². The lowest BCUT2D eigenvalue weighted by atomic mass is 9.95. The van der Waals surface area contributed by atoms with Gasteiger partial charge in [0.25, 0.3) is 0 Å². The van der Waals surface area contributed by atoms with E-state index < -0.39 is 312 Å². The highest BCUT2D eigenvalue weighted by molar-refractivity contribution is 5.88. The van der Waals surface area contributed by atoms with E-state index in [2.05, 4.69) is 0 Å². The lowest BCUT2D eigenvalue weighted by Crippen LogP contribution is -2.68. The average molecular weight is 1440 g/mol. The maximum absolute atomic E-state index is 14.0. The van der Waals surface area contributed by atoms with Gasteiger partial charge in [0.2, 0.25) is 17.5 Å². The second kappa shape index (κ2) is 32.1. The Balaban J connectivity index is 0.743. The fourth-order valence-corrected chi connectivity index (χ4v) is 12.4. The monoisotopic (exact) mass is 1440 g/mol. The molecule has 0 radical (unpaired) electrons. The molecule has 560 valence electrons. The predicted octanol–water partition coefficient (Wildman–Crippen LogP) is -13.6. The first-order valence-corrected chi connectivity index (χ1v) is 30.7. The van der Waals surface area contributed by atoms with Gasteiger partial charge >= 0.3 is 0 Å². The van der Waals surface area contributed by atoms with Crippen LogP contribution in [0.3, 0.4) is 0 Å². The highest BCUT2D eigenvalue weighted by atomic mass is 16.8. The molecular weight excluding hydrogens is 1360 g/mol. The average Bonchev–Trinajstić information content (AvgIpc) is 0.782. The Morgan fingerprint density at radius 1 is 0.313 bits per heavy atom. The summed E-state index contributed by atoms with van der Waals surface area (Å²) in [6.45, 7) is -7.35. The summed E-state index contributed by atoms with van der Waals surface area (Å²) in [5, 5.41) is 279. The van der Waals surface area contributed by atoms with Crippen molar-refractivity contribution in [2.75, 3.05) is 46.2 Å². The second-order valence-electron chi connectivity index (χ2n) is 24.3. The number of fused-ring (bicyclic) bond motifs is 1. The third-order valence-corrected chi connectivity index (χ3v) is 17.9. The Bertz CT molecular complexity index is 3170. The number of phenols is 4. The molecular formula is C57H80O42. The molecule has 26 N–H and O–H groups in total. The Morgan fingerprint density at radius 2 is 0.606 bits per heavy atom. The lowest BCUT2D eigenvalue weighted by molar-refractivity contribution is -0.397. The molecule has 0 aliphatic carbocycles. The van der Waals surface area contributed by atoms with Crippen LogP contribution < -0.4 is 10.2 Å². The molecule has 7 aliphatic heterocycles. The SMILES string of the molecule is O=c1c(O[C@@H]2O[C@H](CO)[C@@H](O[C@@H]3O[C@H](CO)[C@@H](O[C@@H]4O[C@H](CO)[C@@H](O[C@@H]5O[C@H](CO)[C@@H](O[C@@H]6O[C@H](CO)[C@@H](O[C@@H]7O[C@H](CO)[C@@H](O[C@@H]8O[C@H](CO)[C@@H](O)[C@H](O)[C@H]8O)[C@H](O)[C@H]7O)[C@H](O)[C@H]6O)[C@H](O)[C@H]5O)[C@H](O)[C@H]4O)[C@H](O)[C@H]3O)[C@H](O)[C@H]2O)c(-c2ccc(O)c(O)c2)oc2cc(O)cc(O)c12. The van der Waals surface area contributed by atoms with Crippen LogP contribution in [0.4, 0.5) is 0 Å². The molecule has 7 fully saturated rings. The number of rotatable bonds is 22. The van der Waals surface area contributed by atoms with E-state index in [1.165, 1.54) is 0 Å². The zero-order chi connectivity index (χ0) is 72.1. The third kappa shape index (κ3) is 15.2. The van der Waals surface area contributed by atoms with Gasteiger partial charge in [0, 0.05) is 17.7 Å². The van der Waals surface area contributed by atoms with Crippen LogP contribution in [0.1, 0.15) is 0 Å². The summed E-state index contributed by atoms with van der Waals surface area (Å²) in [4.78, 5) is 14.0. The highest BCUT2D eigenvalue weighted by Gasteiger charge is 2.59. The molecule has 0 bridgehead atoms. The fraction of sp³-hybridized carbons (Fsp3) is 0.737. The third-order valence-electron chi connectivity index (χ3n) is 17.9. The fourth-order valence-electron chi connectivity index (χ4n) is 12.4. The van der Waals surface area contributed by atoms with Gasteiger partial charge in [-0.25, -0.2) is 0 Å². The number of ether oxygens (including phenoxy) is 14. The number of phenolic OH excluding ortho intramolecular Hbond substituents is 4. The summed E-state index contributed by atoms with van der Waals surface area (Å²) in [7, 11) is 0. The van der Waals surface area contributed by atoms with Crippen LogP contribution in [0.2, 0.25) is 0 Å². The number of aliphatic hydroxyl groups excluding tert-OH is 22. The molecule has 35 atom stereocenters. The van der Waals surface area contributed by atoms with E-state index in [1.54, 1.807) is 0 Å². The first-order valence-electron chi connectivity index (χ1n) is 30.7. The van der Waals surface area contributed by atoms with Gasteiger partial charge < -0.3 is 204 Å². The number of aliphatic hydroxyl groups is 22. The molecule has 3 aromatic rings. The molecule has 42 nitrogen and oxygen atoms in total. The summed E-state index contributed by atoms with van der Waals surface area (Å²) in [5.41, 5.74) is -1.72. The lowest BCUT2D eigenvalue weighted by Gasteiger charge is -2.50. The molecule has 10 rings (SSSR count). The van der Waals surface area contributed by atoms with Gasteiger partial charge in [-0.3, -0.25) is 4.79 Å². The minimum absolute atomic E-state index is 0.156. The number of benzene rings is 2. The number of aromatic hydroxyl groups is 4. The van der Waals surface area contributed by atoms with E-state index in [1.807, 2.05) is 0 Å². The predicted molar refractivity (Wildman–Crippen MR) is 305 cm³/mol. The van der Waals surface area contributed by atoms with Crippen LogP contribution in [0.25, 0.3) is 22.3 Å². The van der Waals surface area contributed by atoms with Crippen molar-refractivity contribution in [3.8, 4) is 40.1 Å². The Hall–Kier alpha value is -4.75. The number of hydrogen-bond donors (Lipinski definition) is 26. The minimum Gasteiger partial charge on any atom is -0.508 e. The zero-order valence-electron chi connectivity index (χ0n) is 51.2. The van der Waals surface area contributed by atoms with Crippen molar-refractivity contribution < 1.29 is 204 Å². The first-order chi connectivity index (χ1) is 47.0. The van der Waals surface area contributed by atoms with Crippen molar-refractivity contribution in [3.05, 3.63) is 40.6 Å². The molecule has 7 saturated heterocycles. The maximum Gasteiger partial charge on any atom is 0.239 e. The Labute approximate surface area is 555 Å². The van der Waals surface area contributed by atoms with Gasteiger partial charge in [-0.15, -0.1) is 0 Å². The second-order valence-corrected chi connectivity index (χ2v) is 24.3. The van der Waals surface area contributed by atoms with Crippen LogP contribution in [0.5, 0.6) is 28.7 Å². The van der Waals surface area contributed by atoms with Crippen LogP contribution in [-0.4, -0.2) is 394 Å².